The van der Waals surface area contributed by atoms with Crippen molar-refractivity contribution in [2.75, 3.05) is 26.2 Å². The Hall–Kier alpha value is -2.18. The van der Waals surface area contributed by atoms with Gasteiger partial charge in [0, 0.05) is 25.7 Å². The van der Waals surface area contributed by atoms with Crippen LogP contribution < -0.4 is 5.69 Å². The summed E-state index contributed by atoms with van der Waals surface area (Å²) in [6, 6.07) is 10.6. The van der Waals surface area contributed by atoms with Crippen LogP contribution >= 0.6 is 0 Å². The van der Waals surface area contributed by atoms with Crippen molar-refractivity contribution in [3.05, 3.63) is 58.3 Å². The van der Waals surface area contributed by atoms with Gasteiger partial charge in [0.1, 0.15) is 6.33 Å². The average molecular weight is 342 g/mol. The van der Waals surface area contributed by atoms with Crippen LogP contribution in [0.25, 0.3) is 6.08 Å². The van der Waals surface area contributed by atoms with Crippen molar-refractivity contribution in [3.8, 4) is 0 Å². The van der Waals surface area contributed by atoms with E-state index in [0.717, 1.165) is 32.5 Å². The summed E-state index contributed by atoms with van der Waals surface area (Å²) in [6.45, 7) is 5.27. The number of aromatic nitrogens is 3. The summed E-state index contributed by atoms with van der Waals surface area (Å²) in [5.74, 6) is 0. The van der Waals surface area contributed by atoms with E-state index < -0.39 is 0 Å². The van der Waals surface area contributed by atoms with Crippen LogP contribution in [0.4, 0.5) is 0 Å². The lowest BCUT2D eigenvalue weighted by Gasteiger charge is -2.32. The van der Waals surface area contributed by atoms with Gasteiger partial charge in [-0.15, -0.1) is 0 Å². The van der Waals surface area contributed by atoms with E-state index in [1.165, 1.54) is 15.8 Å². The fourth-order valence-electron chi connectivity index (χ4n) is 3.44. The molecule has 0 aliphatic carbocycles. The summed E-state index contributed by atoms with van der Waals surface area (Å²) in [7, 11) is 0. The third-order valence-electron chi connectivity index (χ3n) is 4.71. The molecule has 0 unspecified atom stereocenters. The van der Waals surface area contributed by atoms with E-state index in [9.17, 15) is 4.79 Å². The molecule has 2 aromatic rings. The van der Waals surface area contributed by atoms with Crippen LogP contribution in [0.5, 0.6) is 0 Å². The van der Waals surface area contributed by atoms with Gasteiger partial charge < -0.3 is 5.11 Å². The summed E-state index contributed by atoms with van der Waals surface area (Å²) in [5.41, 5.74) is 2.46. The maximum absolute atomic E-state index is 12.3. The van der Waals surface area contributed by atoms with Crippen molar-refractivity contribution in [2.24, 2.45) is 0 Å². The maximum atomic E-state index is 12.3. The third kappa shape index (κ3) is 4.46. The quantitative estimate of drug-likeness (QED) is 0.869. The van der Waals surface area contributed by atoms with E-state index in [2.05, 4.69) is 47.3 Å². The van der Waals surface area contributed by atoms with Crippen molar-refractivity contribution in [3.63, 3.8) is 0 Å². The minimum Gasteiger partial charge on any atom is -0.394 e. The molecule has 1 aromatic heterocycles. The summed E-state index contributed by atoms with van der Waals surface area (Å²) in [6.07, 6.45) is 5.74. The van der Waals surface area contributed by atoms with E-state index >= 15 is 0 Å². The number of aliphatic hydroxyl groups is 1. The van der Waals surface area contributed by atoms with Gasteiger partial charge in [0.25, 0.3) is 0 Å². The first kappa shape index (κ1) is 17.6. The predicted molar refractivity (Wildman–Crippen MR) is 98.4 cm³/mol. The molecule has 6 heteroatoms. The number of hydrogen-bond donors (Lipinski definition) is 1. The molecule has 6 nitrogen and oxygen atoms in total. The Morgan fingerprint density at radius 1 is 1.28 bits per heavy atom. The lowest BCUT2D eigenvalue weighted by Crippen LogP contribution is -2.38. The van der Waals surface area contributed by atoms with Crippen molar-refractivity contribution in [2.45, 2.75) is 32.4 Å². The van der Waals surface area contributed by atoms with Gasteiger partial charge in [-0.2, -0.15) is 5.10 Å². The zero-order valence-corrected chi connectivity index (χ0v) is 14.7. The standard InChI is InChI=1S/C19H26N4O2/c1-16(13-17-5-3-2-4-6-17)14-21-9-7-18(8-10-21)22-15-20-23(11-12-24)19(22)25/h2-6,13,15,18,24H,7-12,14H2,1H3/b16-13+. The van der Waals surface area contributed by atoms with Gasteiger partial charge in [-0.25, -0.2) is 9.48 Å². The third-order valence-corrected chi connectivity index (χ3v) is 4.71. The number of nitrogens with zero attached hydrogens (tertiary/aromatic N) is 4. The fourth-order valence-corrected chi connectivity index (χ4v) is 3.44. The second-order valence-corrected chi connectivity index (χ2v) is 6.68. The Kier molecular flexibility index (Phi) is 5.83. The number of benzene rings is 1. The van der Waals surface area contributed by atoms with Crippen molar-refractivity contribution in [1.82, 2.24) is 19.2 Å². The van der Waals surface area contributed by atoms with Gasteiger partial charge in [0.15, 0.2) is 0 Å². The molecule has 0 bridgehead atoms. The van der Waals surface area contributed by atoms with Gasteiger partial charge in [-0.05, 0) is 25.3 Å². The van der Waals surface area contributed by atoms with Crippen molar-refractivity contribution in [1.29, 1.82) is 0 Å². The first-order valence-corrected chi connectivity index (χ1v) is 8.87. The largest absolute Gasteiger partial charge is 0.394 e. The van der Waals surface area contributed by atoms with E-state index in [4.69, 9.17) is 5.11 Å². The van der Waals surface area contributed by atoms with E-state index in [0.29, 0.717) is 0 Å². The monoisotopic (exact) mass is 342 g/mol. The van der Waals surface area contributed by atoms with Gasteiger partial charge in [-0.1, -0.05) is 42.0 Å². The molecule has 1 aliphatic heterocycles. The Bertz CT molecular complexity index is 755. The smallest absolute Gasteiger partial charge is 0.346 e. The van der Waals surface area contributed by atoms with Crippen LogP contribution in [-0.4, -0.2) is 50.6 Å². The van der Waals surface area contributed by atoms with E-state index in [1.54, 1.807) is 10.9 Å². The lowest BCUT2D eigenvalue weighted by atomic mass is 10.0. The number of likely N-dealkylation sites (tertiary alicyclic amines) is 1. The second kappa shape index (κ2) is 8.27. The average Bonchev–Trinajstić information content (AvgIpc) is 2.98. The summed E-state index contributed by atoms with van der Waals surface area (Å²) >= 11 is 0. The first-order chi connectivity index (χ1) is 12.2. The molecule has 1 aliphatic rings. The van der Waals surface area contributed by atoms with Crippen molar-refractivity contribution < 1.29 is 5.11 Å². The molecule has 1 aromatic carbocycles. The van der Waals surface area contributed by atoms with Gasteiger partial charge >= 0.3 is 5.69 Å². The molecular formula is C19H26N4O2. The highest BCUT2D eigenvalue weighted by atomic mass is 16.3. The van der Waals surface area contributed by atoms with Crippen molar-refractivity contribution >= 4 is 6.08 Å². The molecule has 2 heterocycles. The Labute approximate surface area is 148 Å². The van der Waals surface area contributed by atoms with Crippen LogP contribution in [0.15, 0.2) is 47.0 Å². The topological polar surface area (TPSA) is 63.3 Å². The zero-order chi connectivity index (χ0) is 17.6. The van der Waals surface area contributed by atoms with Crippen LogP contribution in [-0.2, 0) is 6.54 Å². The zero-order valence-electron chi connectivity index (χ0n) is 14.7. The minimum absolute atomic E-state index is 0.0671. The number of piperidine rings is 1. The summed E-state index contributed by atoms with van der Waals surface area (Å²) in [5, 5.41) is 13.0. The molecule has 1 fully saturated rings. The normalized spacial score (nSPS) is 17.1. The van der Waals surface area contributed by atoms with Gasteiger partial charge in [0.05, 0.1) is 13.2 Å². The predicted octanol–water partition coefficient (Wildman–Crippen LogP) is 1.78. The van der Waals surface area contributed by atoms with Gasteiger partial charge in [-0.3, -0.25) is 9.47 Å². The molecule has 0 radical (unpaired) electrons. The molecular weight excluding hydrogens is 316 g/mol. The number of aliphatic hydroxyl groups excluding tert-OH is 1. The molecule has 25 heavy (non-hydrogen) atoms. The second-order valence-electron chi connectivity index (χ2n) is 6.68. The molecule has 0 atom stereocenters. The molecule has 0 spiro atoms. The highest BCUT2D eigenvalue weighted by Gasteiger charge is 2.22. The minimum atomic E-state index is -0.118. The Balaban J connectivity index is 1.55. The molecule has 1 N–H and O–H groups in total. The summed E-state index contributed by atoms with van der Waals surface area (Å²) in [4.78, 5) is 14.7. The highest BCUT2D eigenvalue weighted by Crippen LogP contribution is 2.21. The lowest BCUT2D eigenvalue weighted by molar-refractivity contribution is 0.196. The molecule has 1 saturated heterocycles. The number of rotatable bonds is 6. The van der Waals surface area contributed by atoms with Crippen LogP contribution in [0.1, 0.15) is 31.4 Å². The van der Waals surface area contributed by atoms with Crippen LogP contribution in [0.2, 0.25) is 0 Å². The summed E-state index contributed by atoms with van der Waals surface area (Å²) < 4.78 is 3.05. The first-order valence-electron chi connectivity index (χ1n) is 8.87. The van der Waals surface area contributed by atoms with Crippen LogP contribution in [0, 0.1) is 0 Å². The molecule has 134 valence electrons. The Morgan fingerprint density at radius 2 is 2.00 bits per heavy atom. The highest BCUT2D eigenvalue weighted by molar-refractivity contribution is 5.52. The molecule has 0 amide bonds. The molecule has 3 rings (SSSR count). The maximum Gasteiger partial charge on any atom is 0.346 e. The van der Waals surface area contributed by atoms with E-state index in [1.807, 2.05) is 6.07 Å². The SMILES string of the molecule is C/C(=C\c1ccccc1)CN1CCC(n2cnn(CCO)c2=O)CC1. The van der Waals surface area contributed by atoms with Crippen LogP contribution in [0.3, 0.4) is 0 Å². The fraction of sp³-hybridized carbons (Fsp3) is 0.474. The Morgan fingerprint density at radius 3 is 2.68 bits per heavy atom. The van der Waals surface area contributed by atoms with E-state index in [-0.39, 0.29) is 24.9 Å². The van der Waals surface area contributed by atoms with Gasteiger partial charge in [0.2, 0.25) is 0 Å². The molecule has 0 saturated carbocycles. The number of hydrogen-bond acceptors (Lipinski definition) is 4.